The largest absolute Gasteiger partial charge is 0.497 e. The molecule has 0 spiro atoms. The molecule has 2 heterocycles. The van der Waals surface area contributed by atoms with Gasteiger partial charge in [-0.2, -0.15) is 13.2 Å². The number of alkyl halides is 3. The highest BCUT2D eigenvalue weighted by Gasteiger charge is 2.62. The molecule has 0 unspecified atom stereocenters. The third kappa shape index (κ3) is 10.1. The van der Waals surface area contributed by atoms with Gasteiger partial charge < -0.3 is 25.0 Å². The van der Waals surface area contributed by atoms with Gasteiger partial charge in [-0.1, -0.05) is 55.3 Å². The summed E-state index contributed by atoms with van der Waals surface area (Å²) < 4.78 is 95.7. The Bertz CT molecular complexity index is 2500. The maximum Gasteiger partial charge on any atom is 0.419 e. The van der Waals surface area contributed by atoms with Gasteiger partial charge in [0.1, 0.15) is 41.0 Å². The van der Waals surface area contributed by atoms with Crippen LogP contribution < -0.4 is 24.8 Å². The summed E-state index contributed by atoms with van der Waals surface area (Å²) in [7, 11) is -2.46. The number of methoxy groups -OCH3 is 1. The van der Waals surface area contributed by atoms with Crippen LogP contribution >= 0.6 is 0 Å². The zero-order valence-corrected chi connectivity index (χ0v) is 35.4. The maximum atomic E-state index is 14.9. The molecule has 0 radical (unpaired) electrons. The van der Waals surface area contributed by atoms with Gasteiger partial charge in [-0.3, -0.25) is 19.1 Å². The highest BCUT2D eigenvalue weighted by Crippen LogP contribution is 2.46. The predicted molar refractivity (Wildman–Crippen MR) is 230 cm³/mol. The van der Waals surface area contributed by atoms with E-state index in [1.165, 1.54) is 18.1 Å². The van der Waals surface area contributed by atoms with Crippen molar-refractivity contribution in [3.63, 3.8) is 0 Å². The fourth-order valence-electron chi connectivity index (χ4n) is 8.04. The number of ether oxygens (including phenoxy) is 2. The molecule has 3 amide bonds. The van der Waals surface area contributed by atoms with E-state index in [0.717, 1.165) is 18.1 Å². The van der Waals surface area contributed by atoms with E-state index in [4.69, 9.17) is 14.5 Å². The van der Waals surface area contributed by atoms with Gasteiger partial charge in [-0.25, -0.2) is 17.8 Å². The molecular formula is C46H49F4N5O7S. The van der Waals surface area contributed by atoms with Crippen LogP contribution in [0.2, 0.25) is 0 Å². The summed E-state index contributed by atoms with van der Waals surface area (Å²) in [6, 6.07) is 16.3. The van der Waals surface area contributed by atoms with Crippen molar-refractivity contribution >= 4 is 44.3 Å². The second-order valence-electron chi connectivity index (χ2n) is 16.2. The molecule has 4 aromatic rings. The summed E-state index contributed by atoms with van der Waals surface area (Å²) in [4.78, 5) is 49.2. The van der Waals surface area contributed by atoms with Gasteiger partial charge in [0.05, 0.1) is 35.7 Å². The minimum atomic E-state index is -5.01. The number of anilines is 1. The highest BCUT2D eigenvalue weighted by atomic mass is 32.2. The van der Waals surface area contributed by atoms with E-state index in [1.54, 1.807) is 30.3 Å². The zero-order valence-electron chi connectivity index (χ0n) is 34.6. The Morgan fingerprint density at radius 2 is 1.78 bits per heavy atom. The standard InChI is InChI=1S/C46H49F4N5O7S/c1-4-6-7-8-12-15-37(51-30-16-21-36(47)35(22-30)46(48,49)50)43(57)55-27-32(24-40(55)42(56)53-45(26-29(45)5-2)44(58)54-63(59,60)33-18-19-33)62-41-25-38(28-13-10-9-11-14-28)52-39-23-31(61-3)17-20-34(39)41/h4-5,9-11,13-14,16-17,20-23,25,29,32-33,37,40,51H,1-2,6-8,12,15,18-19,24,26-27H2,3H3,(H,53,56)(H,54,58)/t29-,32-,37+,40+,45-/m1/s1. The number of unbranched alkanes of at least 4 members (excludes halogenated alkanes) is 3. The number of hydrogen-bond donors (Lipinski definition) is 3. The van der Waals surface area contributed by atoms with Crippen molar-refractivity contribution in [1.82, 2.24) is 19.9 Å². The van der Waals surface area contributed by atoms with Crippen LogP contribution in [0.5, 0.6) is 11.5 Å². The zero-order chi connectivity index (χ0) is 45.1. The minimum absolute atomic E-state index is 0.0601. The number of hydrogen-bond acceptors (Lipinski definition) is 9. The molecule has 3 aromatic carbocycles. The molecule has 1 aromatic heterocycles. The Morgan fingerprint density at radius 1 is 1.02 bits per heavy atom. The van der Waals surface area contributed by atoms with Gasteiger partial charge in [0.25, 0.3) is 5.91 Å². The summed E-state index contributed by atoms with van der Waals surface area (Å²) in [6.45, 7) is 7.34. The second-order valence-corrected chi connectivity index (χ2v) is 18.2. The van der Waals surface area contributed by atoms with Crippen molar-refractivity contribution in [2.24, 2.45) is 5.92 Å². The molecule has 12 nitrogen and oxygen atoms in total. The first kappa shape index (κ1) is 45.1. The fraction of sp³-hybridized carbons (Fsp3) is 0.391. The summed E-state index contributed by atoms with van der Waals surface area (Å²) in [6.07, 6.45) is 0.819. The lowest BCUT2D eigenvalue weighted by atomic mass is 10.0. The number of amides is 3. The summed E-state index contributed by atoms with van der Waals surface area (Å²) >= 11 is 0. The van der Waals surface area contributed by atoms with Gasteiger partial charge in [-0.05, 0) is 68.9 Å². The van der Waals surface area contributed by atoms with Crippen LogP contribution in [0.15, 0.2) is 98.1 Å². The van der Waals surface area contributed by atoms with E-state index in [2.05, 4.69) is 28.5 Å². The third-order valence-corrected chi connectivity index (χ3v) is 13.6. The Labute approximate surface area is 363 Å². The normalized spacial score (nSPS) is 21.3. The van der Waals surface area contributed by atoms with Crippen molar-refractivity contribution in [2.45, 2.75) is 92.9 Å². The number of likely N-dealkylation sites (tertiary alicyclic amines) is 1. The van der Waals surface area contributed by atoms with Crippen molar-refractivity contribution in [2.75, 3.05) is 19.0 Å². The number of sulfonamides is 1. The van der Waals surface area contributed by atoms with Crippen LogP contribution in [0.4, 0.5) is 23.2 Å². The molecule has 63 heavy (non-hydrogen) atoms. The third-order valence-electron chi connectivity index (χ3n) is 11.8. The lowest BCUT2D eigenvalue weighted by Gasteiger charge is -2.30. The molecule has 7 rings (SSSR count). The quantitative estimate of drug-likeness (QED) is 0.0488. The number of pyridine rings is 1. The molecule has 17 heteroatoms. The molecule has 3 fully saturated rings. The molecule has 3 N–H and O–H groups in total. The summed E-state index contributed by atoms with van der Waals surface area (Å²) in [5, 5.41) is 5.55. The van der Waals surface area contributed by atoms with E-state index in [1.807, 2.05) is 30.3 Å². The number of nitrogens with one attached hydrogen (secondary N) is 3. The van der Waals surface area contributed by atoms with Crippen LogP contribution in [0.3, 0.4) is 0 Å². The molecular weight excluding hydrogens is 843 g/mol. The van der Waals surface area contributed by atoms with E-state index >= 15 is 0 Å². The van der Waals surface area contributed by atoms with Gasteiger partial charge in [-0.15, -0.1) is 13.2 Å². The van der Waals surface area contributed by atoms with Gasteiger partial charge in [0, 0.05) is 41.1 Å². The molecule has 1 aliphatic heterocycles. The number of nitrogens with zero attached hydrogens (tertiary/aromatic N) is 2. The SMILES string of the molecule is C=CCCCCC[C@H](Nc1ccc(F)c(C(F)(F)F)c1)C(=O)N1C[C@H](Oc2cc(-c3ccccc3)nc3cc(OC)ccc23)C[C@H]1C(=O)N[C@]1(C(=O)NS(=O)(=O)C2CC2)C[C@H]1C=C. The minimum Gasteiger partial charge on any atom is -0.497 e. The first-order valence-corrected chi connectivity index (χ1v) is 22.4. The van der Waals surface area contributed by atoms with Crippen LogP contribution in [-0.2, 0) is 30.6 Å². The van der Waals surface area contributed by atoms with E-state index in [9.17, 15) is 40.4 Å². The van der Waals surface area contributed by atoms with Crippen LogP contribution in [-0.4, -0.2) is 78.7 Å². The van der Waals surface area contributed by atoms with Crippen LogP contribution in [0.1, 0.15) is 63.4 Å². The smallest absolute Gasteiger partial charge is 0.419 e. The number of fused-ring (bicyclic) bond motifs is 1. The van der Waals surface area contributed by atoms with Gasteiger partial charge >= 0.3 is 6.18 Å². The van der Waals surface area contributed by atoms with E-state index in [-0.39, 0.29) is 31.5 Å². The number of carbonyl (C=O) groups excluding carboxylic acids is 3. The molecule has 2 aliphatic carbocycles. The predicted octanol–water partition coefficient (Wildman–Crippen LogP) is 7.70. The Balaban J connectivity index is 1.23. The van der Waals surface area contributed by atoms with Crippen molar-refractivity contribution in [3.8, 4) is 22.8 Å². The van der Waals surface area contributed by atoms with Crippen molar-refractivity contribution in [3.05, 3.63) is 109 Å². The molecule has 2 saturated carbocycles. The van der Waals surface area contributed by atoms with Crippen LogP contribution in [0.25, 0.3) is 22.2 Å². The Kier molecular flexibility index (Phi) is 13.2. The summed E-state index contributed by atoms with van der Waals surface area (Å²) in [5.41, 5.74) is -1.43. The van der Waals surface area contributed by atoms with Crippen molar-refractivity contribution in [1.29, 1.82) is 0 Å². The summed E-state index contributed by atoms with van der Waals surface area (Å²) in [5.74, 6) is -3.49. The molecule has 5 atom stereocenters. The maximum absolute atomic E-state index is 14.9. The Morgan fingerprint density at radius 3 is 2.44 bits per heavy atom. The Hall–Kier alpha value is -5.97. The first-order valence-electron chi connectivity index (χ1n) is 20.8. The van der Waals surface area contributed by atoms with E-state index < -0.39 is 80.2 Å². The lowest BCUT2D eigenvalue weighted by Crippen LogP contribution is -2.57. The fourth-order valence-corrected chi connectivity index (χ4v) is 9.40. The number of carbonyl (C=O) groups is 3. The number of aromatic nitrogens is 1. The molecule has 0 bridgehead atoms. The highest BCUT2D eigenvalue weighted by molar-refractivity contribution is 7.91. The second kappa shape index (κ2) is 18.4. The number of benzene rings is 3. The van der Waals surface area contributed by atoms with E-state index in [0.29, 0.717) is 72.3 Å². The monoisotopic (exact) mass is 891 g/mol. The lowest BCUT2D eigenvalue weighted by molar-refractivity contribution is -0.140. The first-order chi connectivity index (χ1) is 30.1. The molecule has 1 saturated heterocycles. The average molecular weight is 892 g/mol. The number of halogens is 4. The van der Waals surface area contributed by atoms with Gasteiger partial charge in [0.2, 0.25) is 21.8 Å². The van der Waals surface area contributed by atoms with Crippen LogP contribution in [0, 0.1) is 11.7 Å². The topological polar surface area (TPSA) is 156 Å². The molecule has 3 aliphatic rings. The number of rotatable bonds is 19. The molecule has 334 valence electrons. The van der Waals surface area contributed by atoms with Crippen molar-refractivity contribution < 1.29 is 49.8 Å². The van der Waals surface area contributed by atoms with Gasteiger partial charge in [0.15, 0.2) is 0 Å². The average Bonchev–Trinajstić information content (AvgIpc) is 4.20. The number of allylic oxidation sites excluding steroid dienone is 1.